The summed E-state index contributed by atoms with van der Waals surface area (Å²) in [7, 11) is 0. The molecule has 0 fully saturated rings. The molecule has 0 heterocycles. The van der Waals surface area contributed by atoms with Gasteiger partial charge < -0.3 is 9.94 Å². The fourth-order valence-electron chi connectivity index (χ4n) is 0.797. The Morgan fingerprint density at radius 3 is 3.08 bits per heavy atom. The van der Waals surface area contributed by atoms with Crippen molar-refractivity contribution < 1.29 is 9.94 Å². The first kappa shape index (κ1) is 9.86. The van der Waals surface area contributed by atoms with Crippen LogP contribution in [-0.2, 0) is 4.84 Å². The van der Waals surface area contributed by atoms with E-state index in [1.165, 1.54) is 12.3 Å². The van der Waals surface area contributed by atoms with E-state index >= 15 is 0 Å². The maximum Gasteiger partial charge on any atom is 0.124 e. The Balaban J connectivity index is 2.81. The molecule has 0 aliphatic rings. The van der Waals surface area contributed by atoms with Gasteiger partial charge in [-0.1, -0.05) is 16.8 Å². The number of oxime groups is 1. The van der Waals surface area contributed by atoms with Gasteiger partial charge in [-0.15, -0.1) is 0 Å². The van der Waals surface area contributed by atoms with Gasteiger partial charge in [0.25, 0.3) is 0 Å². The summed E-state index contributed by atoms with van der Waals surface area (Å²) in [5.74, 6) is 0.132. The number of phenols is 1. The first-order valence-corrected chi connectivity index (χ1v) is 4.25. The molecule has 0 aliphatic heterocycles. The van der Waals surface area contributed by atoms with Gasteiger partial charge in [0.2, 0.25) is 0 Å². The SMILES string of the molecule is CCO/N=C/c1cc(Cl)ccc1O. The molecule has 0 aromatic heterocycles. The van der Waals surface area contributed by atoms with Crippen molar-refractivity contribution in [3.63, 3.8) is 0 Å². The zero-order chi connectivity index (χ0) is 9.68. The minimum Gasteiger partial charge on any atom is -0.507 e. The minimum atomic E-state index is 0.132. The Kier molecular flexibility index (Phi) is 3.58. The molecule has 1 N–H and O–H groups in total. The van der Waals surface area contributed by atoms with Gasteiger partial charge in [-0.25, -0.2) is 0 Å². The van der Waals surface area contributed by atoms with Crippen molar-refractivity contribution >= 4 is 17.8 Å². The van der Waals surface area contributed by atoms with Crippen LogP contribution in [0.1, 0.15) is 12.5 Å². The number of halogens is 1. The topological polar surface area (TPSA) is 41.8 Å². The molecule has 0 radical (unpaired) electrons. The van der Waals surface area contributed by atoms with E-state index in [4.69, 9.17) is 16.4 Å². The molecule has 1 aromatic rings. The van der Waals surface area contributed by atoms with E-state index in [0.29, 0.717) is 17.2 Å². The van der Waals surface area contributed by atoms with E-state index < -0.39 is 0 Å². The molecule has 0 atom stereocenters. The summed E-state index contributed by atoms with van der Waals surface area (Å²) in [5.41, 5.74) is 0.543. The molecule has 0 saturated heterocycles. The second-order valence-electron chi connectivity index (χ2n) is 2.36. The number of benzene rings is 1. The number of nitrogens with zero attached hydrogens (tertiary/aromatic N) is 1. The molecule has 70 valence electrons. The standard InChI is InChI=1S/C9H10ClNO2/c1-2-13-11-6-7-5-8(10)3-4-9(7)12/h3-6,12H,2H2,1H3/b11-6+. The molecule has 4 heteroatoms. The highest BCUT2D eigenvalue weighted by molar-refractivity contribution is 6.30. The van der Waals surface area contributed by atoms with Crippen LogP contribution in [-0.4, -0.2) is 17.9 Å². The highest BCUT2D eigenvalue weighted by Gasteiger charge is 1.98. The van der Waals surface area contributed by atoms with Crippen LogP contribution in [0, 0.1) is 0 Å². The number of aromatic hydroxyl groups is 1. The molecular weight excluding hydrogens is 190 g/mol. The van der Waals surface area contributed by atoms with Gasteiger partial charge in [0.05, 0.1) is 6.21 Å². The molecule has 0 amide bonds. The number of phenolic OH excluding ortho intramolecular Hbond substituents is 1. The van der Waals surface area contributed by atoms with Gasteiger partial charge in [-0.2, -0.15) is 0 Å². The Bertz CT molecular complexity index is 312. The van der Waals surface area contributed by atoms with Crippen molar-refractivity contribution in [1.82, 2.24) is 0 Å². The van der Waals surface area contributed by atoms with Crippen LogP contribution in [0.5, 0.6) is 5.75 Å². The first-order chi connectivity index (χ1) is 6.24. The lowest BCUT2D eigenvalue weighted by atomic mass is 10.2. The van der Waals surface area contributed by atoms with Crippen LogP contribution in [0.2, 0.25) is 5.02 Å². The molecule has 1 aromatic carbocycles. The van der Waals surface area contributed by atoms with Crippen molar-refractivity contribution in [1.29, 1.82) is 0 Å². The smallest absolute Gasteiger partial charge is 0.124 e. The van der Waals surface area contributed by atoms with Crippen LogP contribution in [0.4, 0.5) is 0 Å². The number of hydrogen-bond donors (Lipinski definition) is 1. The minimum absolute atomic E-state index is 0.132. The average molecular weight is 200 g/mol. The number of hydrogen-bond acceptors (Lipinski definition) is 3. The predicted molar refractivity (Wildman–Crippen MR) is 52.3 cm³/mol. The van der Waals surface area contributed by atoms with Gasteiger partial charge in [0, 0.05) is 10.6 Å². The quantitative estimate of drug-likeness (QED) is 0.600. The summed E-state index contributed by atoms with van der Waals surface area (Å²) in [6.45, 7) is 2.33. The molecule has 0 bridgehead atoms. The third kappa shape index (κ3) is 2.95. The summed E-state index contributed by atoms with van der Waals surface area (Å²) in [6, 6.07) is 4.73. The second kappa shape index (κ2) is 4.72. The zero-order valence-corrected chi connectivity index (χ0v) is 7.95. The second-order valence-corrected chi connectivity index (χ2v) is 2.79. The zero-order valence-electron chi connectivity index (χ0n) is 7.20. The monoisotopic (exact) mass is 199 g/mol. The van der Waals surface area contributed by atoms with Crippen molar-refractivity contribution in [2.75, 3.05) is 6.61 Å². The largest absolute Gasteiger partial charge is 0.507 e. The van der Waals surface area contributed by atoms with Gasteiger partial charge in [0.15, 0.2) is 0 Å². The van der Waals surface area contributed by atoms with E-state index in [0.717, 1.165) is 0 Å². The summed E-state index contributed by atoms with van der Waals surface area (Å²) in [4.78, 5) is 4.75. The predicted octanol–water partition coefficient (Wildman–Crippen LogP) is 2.42. The maximum atomic E-state index is 9.33. The van der Waals surface area contributed by atoms with Crippen LogP contribution in [0.25, 0.3) is 0 Å². The first-order valence-electron chi connectivity index (χ1n) is 3.88. The Labute approximate surface area is 81.6 Å². The van der Waals surface area contributed by atoms with Crippen LogP contribution >= 0.6 is 11.6 Å². The fourth-order valence-corrected chi connectivity index (χ4v) is 0.978. The summed E-state index contributed by atoms with van der Waals surface area (Å²) >= 11 is 5.72. The van der Waals surface area contributed by atoms with Crippen molar-refractivity contribution in [3.05, 3.63) is 28.8 Å². The molecule has 0 aliphatic carbocycles. The maximum absolute atomic E-state index is 9.33. The fraction of sp³-hybridized carbons (Fsp3) is 0.222. The molecule has 3 nitrogen and oxygen atoms in total. The van der Waals surface area contributed by atoms with Gasteiger partial charge in [-0.3, -0.25) is 0 Å². The van der Waals surface area contributed by atoms with Crippen molar-refractivity contribution in [2.45, 2.75) is 6.92 Å². The molecular formula is C9H10ClNO2. The van der Waals surface area contributed by atoms with Crippen LogP contribution in [0.15, 0.2) is 23.4 Å². The average Bonchev–Trinajstić information content (AvgIpc) is 2.11. The van der Waals surface area contributed by atoms with Crippen LogP contribution in [0.3, 0.4) is 0 Å². The van der Waals surface area contributed by atoms with E-state index in [1.54, 1.807) is 12.1 Å². The normalized spacial score (nSPS) is 10.6. The Hall–Kier alpha value is -1.22. The Morgan fingerprint density at radius 1 is 1.62 bits per heavy atom. The van der Waals surface area contributed by atoms with E-state index in [9.17, 15) is 5.11 Å². The lowest BCUT2D eigenvalue weighted by Crippen LogP contribution is -1.85. The summed E-state index contributed by atoms with van der Waals surface area (Å²) in [5, 5.41) is 13.5. The lowest BCUT2D eigenvalue weighted by molar-refractivity contribution is 0.160. The van der Waals surface area contributed by atoms with Gasteiger partial charge >= 0.3 is 0 Å². The third-order valence-electron chi connectivity index (χ3n) is 1.39. The summed E-state index contributed by atoms with van der Waals surface area (Å²) in [6.07, 6.45) is 1.42. The van der Waals surface area contributed by atoms with E-state index in [1.807, 2.05) is 6.92 Å². The summed E-state index contributed by atoms with van der Waals surface area (Å²) < 4.78 is 0. The van der Waals surface area contributed by atoms with Crippen molar-refractivity contribution in [2.24, 2.45) is 5.16 Å². The highest BCUT2D eigenvalue weighted by atomic mass is 35.5. The van der Waals surface area contributed by atoms with E-state index in [-0.39, 0.29) is 5.75 Å². The van der Waals surface area contributed by atoms with Gasteiger partial charge in [-0.05, 0) is 25.1 Å². The highest BCUT2D eigenvalue weighted by Crippen LogP contribution is 2.19. The lowest BCUT2D eigenvalue weighted by Gasteiger charge is -1.98. The van der Waals surface area contributed by atoms with Gasteiger partial charge in [0.1, 0.15) is 12.4 Å². The molecule has 0 saturated carbocycles. The Morgan fingerprint density at radius 2 is 2.38 bits per heavy atom. The molecule has 1 rings (SSSR count). The number of rotatable bonds is 3. The molecule has 0 spiro atoms. The van der Waals surface area contributed by atoms with Crippen LogP contribution < -0.4 is 0 Å². The van der Waals surface area contributed by atoms with Crippen molar-refractivity contribution in [3.8, 4) is 5.75 Å². The third-order valence-corrected chi connectivity index (χ3v) is 1.62. The van der Waals surface area contributed by atoms with E-state index in [2.05, 4.69) is 5.16 Å². The molecule has 0 unspecified atom stereocenters. The molecule has 13 heavy (non-hydrogen) atoms.